The van der Waals surface area contributed by atoms with E-state index in [-0.39, 0.29) is 0 Å². The maximum atomic E-state index is 6.05. The van der Waals surface area contributed by atoms with Crippen LogP contribution in [0.25, 0.3) is 0 Å². The zero-order valence-electron chi connectivity index (χ0n) is 8.31. The number of aromatic amines is 1. The number of hydrogen-bond acceptors (Lipinski definition) is 3. The third-order valence-electron chi connectivity index (χ3n) is 1.92. The summed E-state index contributed by atoms with van der Waals surface area (Å²) in [7, 11) is 0. The molecule has 0 spiro atoms. The van der Waals surface area contributed by atoms with Crippen molar-refractivity contribution in [2.75, 3.05) is 0 Å². The van der Waals surface area contributed by atoms with Gasteiger partial charge in [0.15, 0.2) is 0 Å². The van der Waals surface area contributed by atoms with Gasteiger partial charge in [0.25, 0.3) is 0 Å². The average Bonchev–Trinajstić information content (AvgIpc) is 2.28. The topological polar surface area (TPSA) is 28.7 Å². The summed E-state index contributed by atoms with van der Waals surface area (Å²) in [6.07, 6.45) is 1.71. The van der Waals surface area contributed by atoms with E-state index < -0.39 is 0 Å². The summed E-state index contributed by atoms with van der Waals surface area (Å²) in [5.74, 6) is 1.59. The van der Waals surface area contributed by atoms with E-state index in [9.17, 15) is 0 Å². The predicted octanol–water partition coefficient (Wildman–Crippen LogP) is 4.08. The highest BCUT2D eigenvalue weighted by Crippen LogP contribution is 2.28. The molecule has 0 bridgehead atoms. The average molecular weight is 269 g/mol. The highest BCUT2D eigenvalue weighted by molar-refractivity contribution is 7.98. The smallest absolute Gasteiger partial charge is 0.117 e. The third kappa shape index (κ3) is 3.07. The molecule has 1 aromatic carbocycles. The fraction of sp³-hybridized carbons (Fsp3) is 0.0909. The molecule has 16 heavy (non-hydrogen) atoms. The van der Waals surface area contributed by atoms with Crippen LogP contribution in [0.15, 0.2) is 41.4 Å². The van der Waals surface area contributed by atoms with Crippen LogP contribution in [0.1, 0.15) is 5.82 Å². The number of thioether (sulfide) groups is 1. The van der Waals surface area contributed by atoms with E-state index in [0.717, 1.165) is 21.5 Å². The Morgan fingerprint density at radius 1 is 1.31 bits per heavy atom. The standard InChI is InChI=1S/C11H9ClN2S2/c12-8-3-1-2-4-9(8)16-7-10-13-6-5-11(15)14-10/h1-6H,7H2,(H,13,14,15). The third-order valence-corrected chi connectivity index (χ3v) is 3.69. The van der Waals surface area contributed by atoms with Crippen molar-refractivity contribution in [1.29, 1.82) is 0 Å². The van der Waals surface area contributed by atoms with Crippen molar-refractivity contribution in [2.45, 2.75) is 10.6 Å². The monoisotopic (exact) mass is 268 g/mol. The van der Waals surface area contributed by atoms with Crippen LogP contribution in [0.2, 0.25) is 5.02 Å². The molecule has 0 saturated carbocycles. The van der Waals surface area contributed by atoms with Gasteiger partial charge in [-0.15, -0.1) is 11.8 Å². The lowest BCUT2D eigenvalue weighted by atomic mass is 10.4. The van der Waals surface area contributed by atoms with Crippen molar-refractivity contribution in [3.05, 3.63) is 52.0 Å². The number of aromatic nitrogens is 2. The van der Waals surface area contributed by atoms with Crippen LogP contribution in [0.4, 0.5) is 0 Å². The summed E-state index contributed by atoms with van der Waals surface area (Å²) in [5, 5.41) is 0.766. The summed E-state index contributed by atoms with van der Waals surface area (Å²) in [5.41, 5.74) is 0. The van der Waals surface area contributed by atoms with Gasteiger partial charge in [0.05, 0.1) is 10.8 Å². The van der Waals surface area contributed by atoms with E-state index in [0.29, 0.717) is 4.64 Å². The molecule has 1 heterocycles. The molecule has 2 aromatic rings. The van der Waals surface area contributed by atoms with E-state index >= 15 is 0 Å². The Morgan fingerprint density at radius 3 is 2.88 bits per heavy atom. The van der Waals surface area contributed by atoms with Crippen LogP contribution in [0.3, 0.4) is 0 Å². The predicted molar refractivity (Wildman–Crippen MR) is 70.4 cm³/mol. The van der Waals surface area contributed by atoms with Crippen molar-refractivity contribution >= 4 is 35.6 Å². The van der Waals surface area contributed by atoms with Gasteiger partial charge in [0.2, 0.25) is 0 Å². The summed E-state index contributed by atoms with van der Waals surface area (Å²) >= 11 is 12.7. The molecule has 0 radical (unpaired) electrons. The van der Waals surface area contributed by atoms with Crippen LogP contribution >= 0.6 is 35.6 Å². The van der Waals surface area contributed by atoms with Crippen molar-refractivity contribution < 1.29 is 0 Å². The molecule has 82 valence electrons. The first kappa shape index (κ1) is 11.6. The molecule has 1 N–H and O–H groups in total. The zero-order chi connectivity index (χ0) is 11.4. The molecule has 2 rings (SSSR count). The number of nitrogens with zero attached hydrogens (tertiary/aromatic N) is 1. The molecule has 0 aliphatic carbocycles. The largest absolute Gasteiger partial charge is 0.334 e. The van der Waals surface area contributed by atoms with Gasteiger partial charge in [-0.3, -0.25) is 0 Å². The fourth-order valence-corrected chi connectivity index (χ4v) is 2.49. The highest BCUT2D eigenvalue weighted by atomic mass is 35.5. The Kier molecular flexibility index (Phi) is 3.98. The number of rotatable bonds is 3. The lowest BCUT2D eigenvalue weighted by molar-refractivity contribution is 1.02. The lowest BCUT2D eigenvalue weighted by Crippen LogP contribution is -1.91. The SMILES string of the molecule is S=c1ccnc(CSc2ccccc2Cl)[nH]1. The lowest BCUT2D eigenvalue weighted by Gasteiger charge is -2.03. The number of H-pyrrole nitrogens is 1. The summed E-state index contributed by atoms with van der Waals surface area (Å²) < 4.78 is 0.699. The highest BCUT2D eigenvalue weighted by Gasteiger charge is 2.01. The molecule has 0 aliphatic rings. The van der Waals surface area contributed by atoms with E-state index in [2.05, 4.69) is 9.97 Å². The molecule has 0 fully saturated rings. The van der Waals surface area contributed by atoms with Crippen LogP contribution < -0.4 is 0 Å². The minimum absolute atomic E-state index is 0.699. The van der Waals surface area contributed by atoms with Gasteiger partial charge in [-0.2, -0.15) is 0 Å². The van der Waals surface area contributed by atoms with Crippen molar-refractivity contribution in [1.82, 2.24) is 9.97 Å². The van der Waals surface area contributed by atoms with Crippen molar-refractivity contribution in [3.63, 3.8) is 0 Å². The van der Waals surface area contributed by atoms with Gasteiger partial charge < -0.3 is 4.98 Å². The quantitative estimate of drug-likeness (QED) is 0.672. The van der Waals surface area contributed by atoms with Gasteiger partial charge in [-0.25, -0.2) is 4.98 Å². The summed E-state index contributed by atoms with van der Waals surface area (Å²) in [6.45, 7) is 0. The number of nitrogens with one attached hydrogen (secondary N) is 1. The van der Waals surface area contributed by atoms with Gasteiger partial charge in [-0.1, -0.05) is 36.0 Å². The molecule has 0 atom stereocenters. The second-order valence-electron chi connectivity index (χ2n) is 3.10. The normalized spacial score (nSPS) is 10.3. The zero-order valence-corrected chi connectivity index (χ0v) is 10.7. The number of halogens is 1. The van der Waals surface area contributed by atoms with Gasteiger partial charge >= 0.3 is 0 Å². The molecular weight excluding hydrogens is 260 g/mol. The molecule has 2 nitrogen and oxygen atoms in total. The molecule has 0 aliphatic heterocycles. The fourth-order valence-electron chi connectivity index (χ4n) is 1.19. The molecule has 0 amide bonds. The van der Waals surface area contributed by atoms with Crippen molar-refractivity contribution in [3.8, 4) is 0 Å². The minimum Gasteiger partial charge on any atom is -0.334 e. The van der Waals surface area contributed by atoms with E-state index in [1.807, 2.05) is 24.3 Å². The summed E-state index contributed by atoms with van der Waals surface area (Å²) in [6, 6.07) is 9.52. The molecular formula is C11H9ClN2S2. The van der Waals surface area contributed by atoms with E-state index in [1.165, 1.54) is 0 Å². The number of hydrogen-bond donors (Lipinski definition) is 1. The van der Waals surface area contributed by atoms with E-state index in [4.69, 9.17) is 23.8 Å². The molecule has 1 aromatic heterocycles. The first-order valence-electron chi connectivity index (χ1n) is 4.67. The molecule has 5 heteroatoms. The molecule has 0 saturated heterocycles. The Labute approximate surface area is 108 Å². The second kappa shape index (κ2) is 5.48. The van der Waals surface area contributed by atoms with Crippen LogP contribution in [-0.4, -0.2) is 9.97 Å². The Bertz CT molecular complexity index is 539. The van der Waals surface area contributed by atoms with Gasteiger partial charge in [0.1, 0.15) is 10.5 Å². The maximum Gasteiger partial charge on any atom is 0.117 e. The van der Waals surface area contributed by atoms with Crippen LogP contribution in [0, 0.1) is 4.64 Å². The summed E-state index contributed by atoms with van der Waals surface area (Å²) in [4.78, 5) is 8.29. The minimum atomic E-state index is 0.699. The van der Waals surface area contributed by atoms with Crippen LogP contribution in [0.5, 0.6) is 0 Å². The first-order chi connectivity index (χ1) is 7.75. The van der Waals surface area contributed by atoms with Gasteiger partial charge in [0, 0.05) is 11.1 Å². The first-order valence-corrected chi connectivity index (χ1v) is 6.44. The molecule has 0 unspecified atom stereocenters. The van der Waals surface area contributed by atoms with E-state index in [1.54, 1.807) is 24.0 Å². The van der Waals surface area contributed by atoms with Gasteiger partial charge in [-0.05, 0) is 18.2 Å². The Morgan fingerprint density at radius 2 is 2.12 bits per heavy atom. The number of benzene rings is 1. The van der Waals surface area contributed by atoms with Crippen molar-refractivity contribution in [2.24, 2.45) is 0 Å². The second-order valence-corrected chi connectivity index (χ2v) is 4.96. The Hall–Kier alpha value is -0.840. The maximum absolute atomic E-state index is 6.05. The Balaban J connectivity index is 2.08. The van der Waals surface area contributed by atoms with Crippen LogP contribution in [-0.2, 0) is 5.75 Å².